The van der Waals surface area contributed by atoms with E-state index < -0.39 is 10.0 Å². The van der Waals surface area contributed by atoms with Crippen molar-refractivity contribution in [2.24, 2.45) is 5.10 Å². The highest BCUT2D eigenvalue weighted by molar-refractivity contribution is 7.89. The number of benzene rings is 2. The van der Waals surface area contributed by atoms with Crippen LogP contribution in [0.15, 0.2) is 52.5 Å². The second-order valence-electron chi connectivity index (χ2n) is 4.81. The Balaban J connectivity index is 2.16. The van der Waals surface area contributed by atoms with E-state index in [-0.39, 0.29) is 4.90 Å². The zero-order chi connectivity index (χ0) is 16.9. The minimum Gasteiger partial charge on any atom is -0.497 e. The molecule has 7 heteroatoms. The molecule has 0 fully saturated rings. The van der Waals surface area contributed by atoms with Gasteiger partial charge in [-0.05, 0) is 31.2 Å². The third-order valence-corrected chi connectivity index (χ3v) is 4.33. The molecule has 122 valence electrons. The molecule has 0 amide bonds. The summed E-state index contributed by atoms with van der Waals surface area (Å²) in [5.74, 6) is 1.18. The molecule has 0 spiro atoms. The van der Waals surface area contributed by atoms with Crippen LogP contribution in [0.25, 0.3) is 0 Å². The van der Waals surface area contributed by atoms with Crippen LogP contribution >= 0.6 is 0 Å². The predicted molar refractivity (Wildman–Crippen MR) is 88.6 cm³/mol. The highest BCUT2D eigenvalue weighted by Gasteiger charge is 2.11. The maximum atomic E-state index is 12.1. The lowest BCUT2D eigenvalue weighted by atomic mass is 10.2. The maximum absolute atomic E-state index is 12.1. The summed E-state index contributed by atoms with van der Waals surface area (Å²) in [7, 11) is -0.614. The summed E-state index contributed by atoms with van der Waals surface area (Å²) in [6, 6.07) is 11.7. The van der Waals surface area contributed by atoms with E-state index in [2.05, 4.69) is 9.93 Å². The van der Waals surface area contributed by atoms with Gasteiger partial charge in [0.1, 0.15) is 11.5 Å². The van der Waals surface area contributed by atoms with Crippen molar-refractivity contribution in [3.63, 3.8) is 0 Å². The highest BCUT2D eigenvalue weighted by atomic mass is 32.2. The Morgan fingerprint density at radius 3 is 2.09 bits per heavy atom. The van der Waals surface area contributed by atoms with Crippen LogP contribution in [0.3, 0.4) is 0 Å². The lowest BCUT2D eigenvalue weighted by Gasteiger charge is -2.06. The van der Waals surface area contributed by atoms with Crippen LogP contribution in [-0.2, 0) is 10.0 Å². The van der Waals surface area contributed by atoms with E-state index >= 15 is 0 Å². The SMILES string of the molecule is COc1cc(/C=N/NS(=O)(=O)c2ccc(C)cc2)cc(OC)c1. The molecule has 1 N–H and O–H groups in total. The number of hydrazone groups is 1. The van der Waals surface area contributed by atoms with Crippen molar-refractivity contribution in [1.29, 1.82) is 0 Å². The third kappa shape index (κ3) is 4.46. The summed E-state index contributed by atoms with van der Waals surface area (Å²) in [5.41, 5.74) is 1.63. The van der Waals surface area contributed by atoms with Crippen molar-refractivity contribution < 1.29 is 17.9 Å². The molecular weight excluding hydrogens is 316 g/mol. The van der Waals surface area contributed by atoms with Gasteiger partial charge in [0, 0.05) is 11.6 Å². The second kappa shape index (κ2) is 7.15. The van der Waals surface area contributed by atoms with Crippen molar-refractivity contribution in [2.75, 3.05) is 14.2 Å². The Morgan fingerprint density at radius 2 is 1.57 bits per heavy atom. The first-order valence-corrected chi connectivity index (χ1v) is 8.27. The first kappa shape index (κ1) is 16.8. The van der Waals surface area contributed by atoms with Gasteiger partial charge >= 0.3 is 0 Å². The van der Waals surface area contributed by atoms with Gasteiger partial charge in [-0.1, -0.05) is 17.7 Å². The number of nitrogens with zero attached hydrogens (tertiary/aromatic N) is 1. The van der Waals surface area contributed by atoms with Gasteiger partial charge < -0.3 is 9.47 Å². The fourth-order valence-corrected chi connectivity index (χ4v) is 2.64. The molecule has 2 aromatic carbocycles. The van der Waals surface area contributed by atoms with Crippen LogP contribution in [0.5, 0.6) is 11.5 Å². The van der Waals surface area contributed by atoms with Gasteiger partial charge in [0.15, 0.2) is 0 Å². The second-order valence-corrected chi connectivity index (χ2v) is 6.47. The van der Waals surface area contributed by atoms with Gasteiger partial charge in [0.05, 0.1) is 25.3 Å². The first-order chi connectivity index (χ1) is 10.9. The molecule has 0 bridgehead atoms. The Bertz CT molecular complexity index is 777. The van der Waals surface area contributed by atoms with Crippen molar-refractivity contribution in [1.82, 2.24) is 4.83 Å². The van der Waals surface area contributed by atoms with E-state index in [0.717, 1.165) is 5.56 Å². The van der Waals surface area contributed by atoms with Crippen LogP contribution in [-0.4, -0.2) is 28.9 Å². The van der Waals surface area contributed by atoms with Crippen LogP contribution in [0.2, 0.25) is 0 Å². The average molecular weight is 334 g/mol. The van der Waals surface area contributed by atoms with Gasteiger partial charge in [-0.25, -0.2) is 4.83 Å². The third-order valence-electron chi connectivity index (χ3n) is 3.09. The maximum Gasteiger partial charge on any atom is 0.276 e. The fraction of sp³-hybridized carbons (Fsp3) is 0.188. The molecule has 0 aliphatic carbocycles. The summed E-state index contributed by atoms with van der Waals surface area (Å²) in [4.78, 5) is 2.33. The number of rotatable bonds is 6. The van der Waals surface area contributed by atoms with E-state index in [4.69, 9.17) is 9.47 Å². The van der Waals surface area contributed by atoms with Crippen molar-refractivity contribution in [3.05, 3.63) is 53.6 Å². The van der Waals surface area contributed by atoms with Crippen molar-refractivity contribution >= 4 is 16.2 Å². The van der Waals surface area contributed by atoms with Gasteiger partial charge in [-0.2, -0.15) is 13.5 Å². The van der Waals surface area contributed by atoms with Crippen LogP contribution in [0, 0.1) is 6.92 Å². The summed E-state index contributed by atoms with van der Waals surface area (Å²) in [6.45, 7) is 1.89. The molecule has 0 atom stereocenters. The molecule has 0 radical (unpaired) electrons. The number of sulfonamides is 1. The molecule has 2 aromatic rings. The largest absolute Gasteiger partial charge is 0.497 e. The number of aryl methyl sites for hydroxylation is 1. The monoisotopic (exact) mass is 334 g/mol. The molecule has 2 rings (SSSR count). The van der Waals surface area contributed by atoms with Crippen LogP contribution in [0.1, 0.15) is 11.1 Å². The van der Waals surface area contributed by atoms with E-state index in [9.17, 15) is 8.42 Å². The summed E-state index contributed by atoms with van der Waals surface area (Å²) in [5, 5.41) is 3.79. The van der Waals surface area contributed by atoms with Gasteiger partial charge in [-0.15, -0.1) is 0 Å². The lowest BCUT2D eigenvalue weighted by molar-refractivity contribution is 0.394. The molecule has 6 nitrogen and oxygen atoms in total. The van der Waals surface area contributed by atoms with Gasteiger partial charge in [0.25, 0.3) is 10.0 Å². The standard InChI is InChI=1S/C16H18N2O4S/c1-12-4-6-16(7-5-12)23(19,20)18-17-11-13-8-14(21-2)10-15(9-13)22-3/h4-11,18H,1-3H3/b17-11+. The number of hydrogen-bond acceptors (Lipinski definition) is 5. The first-order valence-electron chi connectivity index (χ1n) is 6.79. The van der Waals surface area contributed by atoms with E-state index in [1.165, 1.54) is 32.6 Å². The Morgan fingerprint density at radius 1 is 1.00 bits per heavy atom. The normalized spacial score (nSPS) is 11.4. The zero-order valence-corrected chi connectivity index (χ0v) is 13.9. The summed E-state index contributed by atoms with van der Waals surface area (Å²) < 4.78 is 34.5. The number of methoxy groups -OCH3 is 2. The molecule has 0 heterocycles. The van der Waals surface area contributed by atoms with E-state index in [0.29, 0.717) is 17.1 Å². The number of nitrogens with one attached hydrogen (secondary N) is 1. The number of ether oxygens (including phenoxy) is 2. The average Bonchev–Trinajstić information content (AvgIpc) is 2.54. The summed E-state index contributed by atoms with van der Waals surface area (Å²) >= 11 is 0. The van der Waals surface area contributed by atoms with E-state index in [1.54, 1.807) is 30.3 Å². The van der Waals surface area contributed by atoms with Crippen molar-refractivity contribution in [3.8, 4) is 11.5 Å². The van der Waals surface area contributed by atoms with E-state index in [1.807, 2.05) is 6.92 Å². The minimum atomic E-state index is -3.69. The molecule has 0 saturated heterocycles. The molecular formula is C16H18N2O4S. The number of hydrogen-bond donors (Lipinski definition) is 1. The smallest absolute Gasteiger partial charge is 0.276 e. The zero-order valence-electron chi connectivity index (χ0n) is 13.1. The van der Waals surface area contributed by atoms with Crippen molar-refractivity contribution in [2.45, 2.75) is 11.8 Å². The van der Waals surface area contributed by atoms with Gasteiger partial charge in [-0.3, -0.25) is 0 Å². The highest BCUT2D eigenvalue weighted by Crippen LogP contribution is 2.21. The van der Waals surface area contributed by atoms with Gasteiger partial charge in [0.2, 0.25) is 0 Å². The molecule has 0 unspecified atom stereocenters. The Kier molecular flexibility index (Phi) is 5.23. The Labute approximate surface area is 135 Å². The van der Waals surface area contributed by atoms with Crippen LogP contribution < -0.4 is 14.3 Å². The molecule has 0 aliphatic rings. The Hall–Kier alpha value is -2.54. The predicted octanol–water partition coefficient (Wildman–Crippen LogP) is 2.32. The summed E-state index contributed by atoms with van der Waals surface area (Å²) in [6.07, 6.45) is 1.39. The molecule has 0 aliphatic heterocycles. The molecule has 23 heavy (non-hydrogen) atoms. The molecule has 0 saturated carbocycles. The minimum absolute atomic E-state index is 0.156. The fourth-order valence-electron chi connectivity index (χ4n) is 1.84. The lowest BCUT2D eigenvalue weighted by Crippen LogP contribution is -2.18. The topological polar surface area (TPSA) is 77.0 Å². The van der Waals surface area contributed by atoms with Crippen LogP contribution in [0.4, 0.5) is 0 Å². The molecule has 0 aromatic heterocycles. The quantitative estimate of drug-likeness (QED) is 0.650.